The Morgan fingerprint density at radius 3 is 1.09 bits per heavy atom. The molecule has 0 aliphatic heterocycles. The van der Waals surface area contributed by atoms with E-state index in [2.05, 4.69) is 0 Å². The van der Waals surface area contributed by atoms with Crippen molar-refractivity contribution < 1.29 is 24.1 Å². The summed E-state index contributed by atoms with van der Waals surface area (Å²) in [6.45, 7) is 0. The summed E-state index contributed by atoms with van der Waals surface area (Å²) in [7, 11) is 0. The second-order valence-electron chi connectivity index (χ2n) is 3.77. The average molecular weight is 225 g/mol. The summed E-state index contributed by atoms with van der Waals surface area (Å²) in [4.78, 5) is 8.36. The van der Waals surface area contributed by atoms with Gasteiger partial charge in [-0.1, -0.05) is 0 Å². The molecule has 0 unspecified atom stereocenters. The third-order valence-corrected chi connectivity index (χ3v) is 0. The predicted octanol–water partition coefficient (Wildman–Crippen LogP) is -3.89. The molecule has 11 heteroatoms. The van der Waals surface area contributed by atoms with E-state index >= 15 is 0 Å². The summed E-state index contributed by atoms with van der Waals surface area (Å²) in [6, 6.07) is 0. The van der Waals surface area contributed by atoms with Gasteiger partial charge in [-0.2, -0.15) is 0 Å². The van der Waals surface area contributed by atoms with Crippen LogP contribution in [0.2, 0.25) is 0 Å². The second kappa shape index (κ2) is 2.28. The molecule has 0 aliphatic carbocycles. The predicted molar refractivity (Wildman–Crippen MR) is 33.9 cm³/mol. The third kappa shape index (κ3) is 3180. The van der Waals surface area contributed by atoms with Gasteiger partial charge in [-0.3, -0.25) is 0 Å². The fraction of sp³-hybridized carbons (Fsp3) is 0. The monoisotopic (exact) mass is 223 g/mol. The molecule has 11 heavy (non-hydrogen) atoms. The number of nitrogens with two attached hydrogens (primary N) is 6. The van der Waals surface area contributed by atoms with E-state index < -0.39 is 18.9 Å². The quantitative estimate of drug-likeness (QED) is 0.121. The van der Waals surface area contributed by atoms with Gasteiger partial charge in [-0.15, -0.1) is 10.1 Å². The molecule has 0 heterocycles. The molecule has 0 atom stereocenters. The van der Waals surface area contributed by atoms with Gasteiger partial charge >= 0.3 is 40.7 Å². The van der Waals surface area contributed by atoms with Crippen molar-refractivity contribution in [2.75, 3.05) is 0 Å². The zero-order chi connectivity index (χ0) is 9.99. The van der Waals surface area contributed by atoms with Crippen LogP contribution in [-0.2, 0) is 13.9 Å². The number of hydrogen-bond donors (Lipinski definition) is 7. The van der Waals surface area contributed by atoms with Crippen LogP contribution in [0, 0.1) is 10.1 Å². The van der Waals surface area contributed by atoms with Crippen LogP contribution in [0.5, 0.6) is 0 Å². The van der Waals surface area contributed by atoms with Crippen LogP contribution >= 0.6 is 0 Å². The molecule has 0 aromatic rings. The summed E-state index contributed by atoms with van der Waals surface area (Å²) in [5, 5.41) is 13.6. The first-order valence-electron chi connectivity index (χ1n) is 3.01. The molecule has 0 spiro atoms. The topological polar surface area (TPSA) is 219 Å². The molecular formula is H13N7O3Zn. The molecule has 0 radical (unpaired) electrons. The van der Waals surface area contributed by atoms with Gasteiger partial charge in [0.05, 0.1) is 0 Å². The molecule has 0 aromatic heterocycles. The van der Waals surface area contributed by atoms with E-state index in [0.29, 0.717) is 0 Å². The summed E-state index contributed by atoms with van der Waals surface area (Å²) in [6.07, 6.45) is 0. The van der Waals surface area contributed by atoms with E-state index in [4.69, 9.17) is 42.2 Å². The van der Waals surface area contributed by atoms with E-state index in [9.17, 15) is 0 Å². The standard InChI is InChI=1S/HNO3.6H2N.Zn/c2-1(3)4;;;;;;;/h(H,2,3,4);6*1H2;/q;6*-1;+6. The minimum atomic E-state index is -5.38. The average Bonchev–Trinajstić information content (AvgIpc) is 1.11. The summed E-state index contributed by atoms with van der Waals surface area (Å²) in [5.41, 5.74) is 0. The minimum absolute atomic E-state index is 1.50. The fourth-order valence-corrected chi connectivity index (χ4v) is 0. The Morgan fingerprint density at radius 2 is 1.09 bits per heavy atom. The van der Waals surface area contributed by atoms with E-state index in [-0.39, 0.29) is 0 Å². The van der Waals surface area contributed by atoms with Gasteiger partial charge in [0.15, 0.2) is 0 Å². The van der Waals surface area contributed by atoms with Crippen molar-refractivity contribution in [3.05, 3.63) is 10.1 Å². The van der Waals surface area contributed by atoms with Gasteiger partial charge in [-0.25, -0.2) is 0 Å². The van der Waals surface area contributed by atoms with Crippen molar-refractivity contribution >= 4 is 0 Å². The van der Waals surface area contributed by atoms with Crippen LogP contribution in [-0.4, -0.2) is 10.3 Å². The molecule has 0 aromatic carbocycles. The molecule has 0 saturated heterocycles. The SMILES string of the molecule is O=[N+]([O-])O.[NH2][Zn]([NH2])([NH2])([NH2])([NH2])[NH2]. The Kier molecular flexibility index (Phi) is 2.74. The normalized spacial score (nSPS) is 13.6. The number of rotatable bonds is 0. The maximum absolute atomic E-state index is 8.36. The second-order valence-corrected chi connectivity index (χ2v) is 18.6. The van der Waals surface area contributed by atoms with Gasteiger partial charge in [0, 0.05) is 0 Å². The molecule has 0 saturated carbocycles. The maximum atomic E-state index is 8.36. The number of hydrogen-bond acceptors (Lipinski definition) is 8. The molecule has 13 N–H and O–H groups in total. The van der Waals surface area contributed by atoms with E-state index in [1.165, 1.54) is 0 Å². The van der Waals surface area contributed by atoms with Crippen molar-refractivity contribution in [1.29, 1.82) is 0 Å². The molecule has 0 fully saturated rings. The van der Waals surface area contributed by atoms with Gasteiger partial charge in [-0.05, 0) is 0 Å². The van der Waals surface area contributed by atoms with Crippen molar-refractivity contribution in [2.24, 2.45) is 26.9 Å². The molecule has 68 valence electrons. The molecule has 0 aliphatic rings. The molecule has 0 amide bonds. The summed E-state index contributed by atoms with van der Waals surface area (Å²) in [5.74, 6) is 0. The van der Waals surface area contributed by atoms with E-state index in [0.717, 1.165) is 0 Å². The summed E-state index contributed by atoms with van der Waals surface area (Å²) < 4.78 is 29.6. The van der Waals surface area contributed by atoms with Gasteiger partial charge in [0.2, 0.25) is 0 Å². The van der Waals surface area contributed by atoms with Crippen LogP contribution in [0.4, 0.5) is 0 Å². The molecule has 0 bridgehead atoms. The first kappa shape index (κ1) is 13.2. The molecular weight excluding hydrogens is 211 g/mol. The van der Waals surface area contributed by atoms with Gasteiger partial charge in [0.25, 0.3) is 5.09 Å². The molecule has 10 nitrogen and oxygen atoms in total. The zero-order valence-electron chi connectivity index (χ0n) is 5.88. The van der Waals surface area contributed by atoms with E-state index in [1.54, 1.807) is 0 Å². The Hall–Kier alpha value is -0.417. The Morgan fingerprint density at radius 1 is 1.09 bits per heavy atom. The van der Waals surface area contributed by atoms with Crippen LogP contribution in [0.25, 0.3) is 0 Å². The van der Waals surface area contributed by atoms with Crippen molar-refractivity contribution in [3.8, 4) is 0 Å². The summed E-state index contributed by atoms with van der Waals surface area (Å²) >= 11 is -5.38. The Labute approximate surface area is 61.8 Å². The van der Waals surface area contributed by atoms with Gasteiger partial charge in [0.1, 0.15) is 0 Å². The first-order valence-corrected chi connectivity index (χ1v) is 13.3. The third-order valence-electron chi connectivity index (χ3n) is 0. The zero-order valence-corrected chi connectivity index (χ0v) is 8.85. The fourth-order valence-electron chi connectivity index (χ4n) is 0. The van der Waals surface area contributed by atoms with Crippen molar-refractivity contribution in [2.45, 2.75) is 0 Å². The number of nitrogens with zero attached hydrogens (tertiary/aromatic N) is 1. The van der Waals surface area contributed by atoms with Gasteiger partial charge < -0.3 is 5.21 Å². The van der Waals surface area contributed by atoms with E-state index in [1.807, 2.05) is 0 Å². The Balaban J connectivity index is 0. The molecule has 0 rings (SSSR count). The Bertz CT molecular complexity index is 132. The van der Waals surface area contributed by atoms with Crippen molar-refractivity contribution in [3.63, 3.8) is 0 Å². The van der Waals surface area contributed by atoms with Crippen LogP contribution in [0.15, 0.2) is 0 Å². The first-order chi connectivity index (χ1) is 4.18. The van der Waals surface area contributed by atoms with Crippen molar-refractivity contribution in [1.82, 2.24) is 0 Å². The van der Waals surface area contributed by atoms with Crippen LogP contribution in [0.1, 0.15) is 0 Å². The van der Waals surface area contributed by atoms with Crippen LogP contribution in [0.3, 0.4) is 0 Å². The van der Waals surface area contributed by atoms with Crippen LogP contribution < -0.4 is 26.9 Å².